The summed E-state index contributed by atoms with van der Waals surface area (Å²) in [5, 5.41) is 2.86. The van der Waals surface area contributed by atoms with Gasteiger partial charge in [-0.05, 0) is 37.1 Å². The lowest BCUT2D eigenvalue weighted by Crippen LogP contribution is -2.13. The lowest BCUT2D eigenvalue weighted by atomic mass is 10.1. The number of aryl methyl sites for hydroxylation is 1. The number of anilines is 1. The molecule has 3 nitrogen and oxygen atoms in total. The van der Waals surface area contributed by atoms with Gasteiger partial charge in [-0.25, -0.2) is 0 Å². The minimum atomic E-state index is 0. The van der Waals surface area contributed by atoms with Crippen molar-refractivity contribution in [1.82, 2.24) is 0 Å². The molecule has 0 aromatic heterocycles. The van der Waals surface area contributed by atoms with Crippen LogP contribution < -0.4 is 11.1 Å². The fourth-order valence-electron chi connectivity index (χ4n) is 1.36. The van der Waals surface area contributed by atoms with Crippen molar-refractivity contribution in [1.29, 1.82) is 0 Å². The molecular formula is C12H19ClN2O. The van der Waals surface area contributed by atoms with E-state index in [2.05, 4.69) is 18.3 Å². The van der Waals surface area contributed by atoms with Crippen LogP contribution in [0.4, 0.5) is 5.69 Å². The fourth-order valence-corrected chi connectivity index (χ4v) is 1.36. The number of carbonyl (C=O) groups excluding carboxylic acids is 1. The highest BCUT2D eigenvalue weighted by Gasteiger charge is 2.01. The Balaban J connectivity index is 0.00000225. The van der Waals surface area contributed by atoms with E-state index < -0.39 is 0 Å². The van der Waals surface area contributed by atoms with Crippen molar-refractivity contribution in [2.75, 3.05) is 11.9 Å². The summed E-state index contributed by atoms with van der Waals surface area (Å²) in [7, 11) is 0. The van der Waals surface area contributed by atoms with Gasteiger partial charge in [0.1, 0.15) is 0 Å². The molecule has 3 N–H and O–H groups in total. The van der Waals surface area contributed by atoms with E-state index >= 15 is 0 Å². The molecule has 0 radical (unpaired) electrons. The zero-order chi connectivity index (χ0) is 11.1. The van der Waals surface area contributed by atoms with Crippen LogP contribution in [0.1, 0.15) is 25.3 Å². The number of nitrogens with two attached hydrogens (primary N) is 1. The van der Waals surface area contributed by atoms with E-state index in [1.165, 1.54) is 5.56 Å². The Hall–Kier alpha value is -1.06. The second-order valence-corrected chi connectivity index (χ2v) is 3.49. The molecule has 0 atom stereocenters. The normalized spacial score (nSPS) is 9.38. The molecule has 1 amide bonds. The smallest absolute Gasteiger partial charge is 0.224 e. The monoisotopic (exact) mass is 242 g/mol. The number of rotatable bonds is 5. The van der Waals surface area contributed by atoms with Crippen LogP contribution in [0.2, 0.25) is 0 Å². The van der Waals surface area contributed by atoms with Gasteiger partial charge < -0.3 is 11.1 Å². The van der Waals surface area contributed by atoms with Gasteiger partial charge in [0.15, 0.2) is 0 Å². The Morgan fingerprint density at radius 2 is 2.19 bits per heavy atom. The van der Waals surface area contributed by atoms with Crippen LogP contribution in [-0.2, 0) is 11.2 Å². The van der Waals surface area contributed by atoms with Crippen molar-refractivity contribution >= 4 is 24.0 Å². The average Bonchev–Trinajstić information content (AvgIpc) is 2.26. The first kappa shape index (κ1) is 14.9. The Morgan fingerprint density at radius 3 is 2.81 bits per heavy atom. The second kappa shape index (κ2) is 8.13. The van der Waals surface area contributed by atoms with E-state index in [1.54, 1.807) is 0 Å². The standard InChI is InChI=1S/C12H18N2O.ClH/c1-2-10-5-3-6-11(9-10)14-12(15)7-4-8-13;/h3,5-6,9H,2,4,7-8,13H2,1H3,(H,14,15);1H. The molecule has 0 saturated carbocycles. The third-order valence-corrected chi connectivity index (χ3v) is 2.23. The van der Waals surface area contributed by atoms with E-state index in [1.807, 2.05) is 18.2 Å². The Labute approximate surface area is 103 Å². The summed E-state index contributed by atoms with van der Waals surface area (Å²) in [5.41, 5.74) is 7.44. The molecule has 90 valence electrons. The number of nitrogens with one attached hydrogen (secondary N) is 1. The summed E-state index contributed by atoms with van der Waals surface area (Å²) in [6, 6.07) is 7.91. The predicted octanol–water partition coefficient (Wildman–Crippen LogP) is 2.35. The van der Waals surface area contributed by atoms with Crippen LogP contribution in [-0.4, -0.2) is 12.5 Å². The van der Waals surface area contributed by atoms with Gasteiger partial charge in [0.25, 0.3) is 0 Å². The van der Waals surface area contributed by atoms with Crippen molar-refractivity contribution in [3.63, 3.8) is 0 Å². The first-order valence-electron chi connectivity index (χ1n) is 5.35. The Morgan fingerprint density at radius 1 is 1.44 bits per heavy atom. The van der Waals surface area contributed by atoms with Gasteiger partial charge in [-0.1, -0.05) is 19.1 Å². The minimum Gasteiger partial charge on any atom is -0.330 e. The average molecular weight is 243 g/mol. The third-order valence-electron chi connectivity index (χ3n) is 2.23. The summed E-state index contributed by atoms with van der Waals surface area (Å²) in [5.74, 6) is 0.0358. The molecule has 0 bridgehead atoms. The summed E-state index contributed by atoms with van der Waals surface area (Å²) in [6.45, 7) is 2.65. The van der Waals surface area contributed by atoms with Crippen LogP contribution in [0.5, 0.6) is 0 Å². The number of hydrogen-bond donors (Lipinski definition) is 2. The zero-order valence-electron chi connectivity index (χ0n) is 9.53. The van der Waals surface area contributed by atoms with Gasteiger partial charge in [0.05, 0.1) is 0 Å². The van der Waals surface area contributed by atoms with Gasteiger partial charge in [0.2, 0.25) is 5.91 Å². The van der Waals surface area contributed by atoms with Crippen LogP contribution in [0, 0.1) is 0 Å². The van der Waals surface area contributed by atoms with Gasteiger partial charge in [-0.3, -0.25) is 4.79 Å². The van der Waals surface area contributed by atoms with Crippen molar-refractivity contribution in [3.8, 4) is 0 Å². The number of carbonyl (C=O) groups is 1. The van der Waals surface area contributed by atoms with Gasteiger partial charge in [-0.15, -0.1) is 12.4 Å². The number of amides is 1. The Bertz CT molecular complexity index is 329. The summed E-state index contributed by atoms with van der Waals surface area (Å²) in [4.78, 5) is 11.4. The molecule has 0 aliphatic heterocycles. The minimum absolute atomic E-state index is 0. The van der Waals surface area contributed by atoms with E-state index in [4.69, 9.17) is 5.73 Å². The van der Waals surface area contributed by atoms with Crippen LogP contribution >= 0.6 is 12.4 Å². The molecule has 1 aromatic carbocycles. The van der Waals surface area contributed by atoms with E-state index in [-0.39, 0.29) is 18.3 Å². The van der Waals surface area contributed by atoms with E-state index in [9.17, 15) is 4.79 Å². The first-order valence-corrected chi connectivity index (χ1v) is 5.35. The molecule has 16 heavy (non-hydrogen) atoms. The third kappa shape index (κ3) is 5.14. The number of halogens is 1. The molecule has 0 heterocycles. The molecule has 1 rings (SSSR count). The fraction of sp³-hybridized carbons (Fsp3) is 0.417. The zero-order valence-corrected chi connectivity index (χ0v) is 10.3. The highest BCUT2D eigenvalue weighted by molar-refractivity contribution is 5.90. The van der Waals surface area contributed by atoms with E-state index in [0.29, 0.717) is 13.0 Å². The maximum atomic E-state index is 11.4. The van der Waals surface area contributed by atoms with Crippen LogP contribution in [0.15, 0.2) is 24.3 Å². The van der Waals surface area contributed by atoms with Crippen molar-refractivity contribution in [2.24, 2.45) is 5.73 Å². The SMILES string of the molecule is CCc1cccc(NC(=O)CCCN)c1.Cl. The molecular weight excluding hydrogens is 224 g/mol. The van der Waals surface area contributed by atoms with Gasteiger partial charge >= 0.3 is 0 Å². The van der Waals surface area contributed by atoms with Crippen molar-refractivity contribution < 1.29 is 4.79 Å². The maximum absolute atomic E-state index is 11.4. The molecule has 4 heteroatoms. The van der Waals surface area contributed by atoms with Crippen molar-refractivity contribution in [2.45, 2.75) is 26.2 Å². The lowest BCUT2D eigenvalue weighted by molar-refractivity contribution is -0.116. The number of hydrogen-bond acceptors (Lipinski definition) is 2. The highest BCUT2D eigenvalue weighted by atomic mass is 35.5. The van der Waals surface area contributed by atoms with Crippen LogP contribution in [0.3, 0.4) is 0 Å². The lowest BCUT2D eigenvalue weighted by Gasteiger charge is -2.05. The first-order chi connectivity index (χ1) is 7.26. The molecule has 0 aliphatic rings. The quantitative estimate of drug-likeness (QED) is 0.833. The molecule has 0 aliphatic carbocycles. The van der Waals surface area contributed by atoms with Gasteiger partial charge in [0, 0.05) is 12.1 Å². The highest BCUT2D eigenvalue weighted by Crippen LogP contribution is 2.11. The maximum Gasteiger partial charge on any atom is 0.224 e. The molecule has 1 aromatic rings. The largest absolute Gasteiger partial charge is 0.330 e. The molecule has 0 fully saturated rings. The van der Waals surface area contributed by atoms with Gasteiger partial charge in [-0.2, -0.15) is 0 Å². The molecule has 0 unspecified atom stereocenters. The van der Waals surface area contributed by atoms with Crippen molar-refractivity contribution in [3.05, 3.63) is 29.8 Å². The Kier molecular flexibility index (Phi) is 7.60. The topological polar surface area (TPSA) is 55.1 Å². The molecule has 0 saturated heterocycles. The predicted molar refractivity (Wildman–Crippen MR) is 70.0 cm³/mol. The number of benzene rings is 1. The van der Waals surface area contributed by atoms with E-state index in [0.717, 1.165) is 18.5 Å². The summed E-state index contributed by atoms with van der Waals surface area (Å²) < 4.78 is 0. The molecule has 0 spiro atoms. The second-order valence-electron chi connectivity index (χ2n) is 3.49. The summed E-state index contributed by atoms with van der Waals surface area (Å²) >= 11 is 0. The summed E-state index contributed by atoms with van der Waals surface area (Å²) in [6.07, 6.45) is 2.21. The van der Waals surface area contributed by atoms with Crippen LogP contribution in [0.25, 0.3) is 0 Å².